The zero-order valence-electron chi connectivity index (χ0n) is 12.4. The Balaban J connectivity index is 2.11. The van der Waals surface area contributed by atoms with Gasteiger partial charge in [0, 0.05) is 13.1 Å². The van der Waals surface area contributed by atoms with Crippen LogP contribution in [0, 0.1) is 10.1 Å². The minimum absolute atomic E-state index is 0.101. The number of halogens is 1. The second-order valence-electron chi connectivity index (χ2n) is 4.81. The average molecular weight is 378 g/mol. The summed E-state index contributed by atoms with van der Waals surface area (Å²) in [5.41, 5.74) is 1.32. The number of nitrogens with zero attached hydrogens (tertiary/aromatic N) is 5. The highest BCUT2D eigenvalue weighted by Crippen LogP contribution is 2.36. The van der Waals surface area contributed by atoms with E-state index < -0.39 is 4.92 Å². The minimum atomic E-state index is -0.467. The van der Waals surface area contributed by atoms with Gasteiger partial charge in [0.1, 0.15) is 16.3 Å². The number of aryl methyl sites for hydroxylation is 2. The Morgan fingerprint density at radius 1 is 1.39 bits per heavy atom. The van der Waals surface area contributed by atoms with Gasteiger partial charge in [-0.3, -0.25) is 10.1 Å². The van der Waals surface area contributed by atoms with E-state index in [9.17, 15) is 10.1 Å². The summed E-state index contributed by atoms with van der Waals surface area (Å²) in [5.74, 6) is 0.338. The van der Waals surface area contributed by atoms with Gasteiger partial charge in [-0.25, -0.2) is 14.6 Å². The molecular formula is C14H12BrN5O3. The van der Waals surface area contributed by atoms with E-state index in [4.69, 9.17) is 4.74 Å². The van der Waals surface area contributed by atoms with Crippen LogP contribution < -0.4 is 4.74 Å². The highest BCUT2D eigenvalue weighted by Gasteiger charge is 2.20. The molecule has 1 aromatic carbocycles. The maximum Gasteiger partial charge on any atom is 0.311 e. The fraction of sp³-hybridized carbons (Fsp3) is 0.214. The van der Waals surface area contributed by atoms with Crippen LogP contribution in [-0.2, 0) is 13.5 Å². The summed E-state index contributed by atoms with van der Waals surface area (Å²) >= 11 is 3.33. The van der Waals surface area contributed by atoms with Gasteiger partial charge in [-0.15, -0.1) is 0 Å². The molecule has 3 aromatic rings. The number of fused-ring (bicyclic) bond motifs is 1. The van der Waals surface area contributed by atoms with Crippen molar-refractivity contribution in [3.8, 4) is 11.6 Å². The fourth-order valence-corrected chi connectivity index (χ4v) is 2.79. The van der Waals surface area contributed by atoms with Crippen molar-refractivity contribution in [1.29, 1.82) is 0 Å². The van der Waals surface area contributed by atoms with Crippen molar-refractivity contribution >= 4 is 32.7 Å². The second kappa shape index (κ2) is 5.92. The summed E-state index contributed by atoms with van der Waals surface area (Å²) in [6.07, 6.45) is 2.03. The quantitative estimate of drug-likeness (QED) is 0.510. The zero-order chi connectivity index (χ0) is 16.6. The maximum atomic E-state index is 11.3. The first-order valence-electron chi connectivity index (χ1n) is 6.79. The van der Waals surface area contributed by atoms with E-state index in [1.807, 2.05) is 6.92 Å². The highest BCUT2D eigenvalue weighted by molar-refractivity contribution is 9.10. The van der Waals surface area contributed by atoms with E-state index in [0.717, 1.165) is 5.56 Å². The number of aromatic nitrogens is 4. The Labute approximate surface area is 139 Å². The lowest BCUT2D eigenvalue weighted by molar-refractivity contribution is -0.385. The van der Waals surface area contributed by atoms with Crippen molar-refractivity contribution in [1.82, 2.24) is 19.7 Å². The lowest BCUT2D eigenvalue weighted by Crippen LogP contribution is -1.97. The topological polar surface area (TPSA) is 96.0 Å². The van der Waals surface area contributed by atoms with Crippen molar-refractivity contribution in [3.05, 3.63) is 44.8 Å². The normalized spacial score (nSPS) is 10.9. The summed E-state index contributed by atoms with van der Waals surface area (Å²) < 4.78 is 7.79. The van der Waals surface area contributed by atoms with Gasteiger partial charge in [0.15, 0.2) is 5.65 Å². The molecule has 0 saturated carbocycles. The number of hydrogen-bond acceptors (Lipinski definition) is 6. The molecule has 8 nitrogen and oxygen atoms in total. The summed E-state index contributed by atoms with van der Waals surface area (Å²) in [4.78, 5) is 19.0. The van der Waals surface area contributed by atoms with Crippen molar-refractivity contribution in [2.24, 2.45) is 7.05 Å². The van der Waals surface area contributed by atoms with E-state index in [-0.39, 0.29) is 17.3 Å². The third-order valence-corrected chi connectivity index (χ3v) is 3.93. The predicted octanol–water partition coefficient (Wildman–Crippen LogP) is 3.39. The first-order chi connectivity index (χ1) is 11.0. The van der Waals surface area contributed by atoms with Gasteiger partial charge >= 0.3 is 5.69 Å². The molecule has 0 radical (unpaired) electrons. The Morgan fingerprint density at radius 2 is 2.17 bits per heavy atom. The molecule has 0 spiro atoms. The first kappa shape index (κ1) is 15.3. The molecule has 0 aliphatic heterocycles. The summed E-state index contributed by atoms with van der Waals surface area (Å²) in [6.45, 7) is 1.93. The maximum absolute atomic E-state index is 11.3. The van der Waals surface area contributed by atoms with Crippen LogP contribution in [-0.4, -0.2) is 24.7 Å². The number of nitro benzene ring substituents is 1. The van der Waals surface area contributed by atoms with Crippen LogP contribution in [0.25, 0.3) is 11.0 Å². The van der Waals surface area contributed by atoms with E-state index >= 15 is 0 Å². The second-order valence-corrected chi connectivity index (χ2v) is 5.56. The molecule has 0 fully saturated rings. The van der Waals surface area contributed by atoms with E-state index in [0.29, 0.717) is 22.1 Å². The molecule has 0 unspecified atom stereocenters. The monoisotopic (exact) mass is 377 g/mol. The molecule has 0 aliphatic rings. The van der Waals surface area contributed by atoms with Gasteiger partial charge in [-0.1, -0.05) is 13.0 Å². The van der Waals surface area contributed by atoms with Crippen molar-refractivity contribution in [2.45, 2.75) is 13.3 Å². The Morgan fingerprint density at radius 3 is 2.87 bits per heavy atom. The summed E-state index contributed by atoms with van der Waals surface area (Å²) in [5, 5.41) is 16.0. The number of rotatable bonds is 4. The lowest BCUT2D eigenvalue weighted by Gasteiger charge is -2.07. The minimum Gasteiger partial charge on any atom is -0.431 e. The molecular weight excluding hydrogens is 366 g/mol. The molecule has 23 heavy (non-hydrogen) atoms. The molecule has 0 saturated heterocycles. The van der Waals surface area contributed by atoms with Crippen LogP contribution in [0.15, 0.2) is 29.1 Å². The Hall–Kier alpha value is -2.55. The van der Waals surface area contributed by atoms with Crippen LogP contribution in [0.5, 0.6) is 11.6 Å². The standard InChI is InChI=1S/C14H12BrN5O3/c1-3-8-4-5-10(9(6-8)20(21)22)23-14-11-12(15)18-19(2)13(11)16-7-17-14/h4-7H,3H2,1-2H3. The number of hydrogen-bond donors (Lipinski definition) is 0. The van der Waals surface area contributed by atoms with Gasteiger partial charge in [0.05, 0.1) is 4.92 Å². The van der Waals surface area contributed by atoms with Crippen molar-refractivity contribution in [3.63, 3.8) is 0 Å². The molecule has 3 rings (SSSR count). The molecule has 2 aromatic heterocycles. The average Bonchev–Trinajstić information content (AvgIpc) is 2.83. The Kier molecular flexibility index (Phi) is 3.95. The fourth-order valence-electron chi connectivity index (χ4n) is 2.21. The summed E-state index contributed by atoms with van der Waals surface area (Å²) in [6, 6.07) is 4.88. The smallest absolute Gasteiger partial charge is 0.311 e. The third kappa shape index (κ3) is 2.74. The number of nitro groups is 1. The third-order valence-electron chi connectivity index (χ3n) is 3.38. The van der Waals surface area contributed by atoms with E-state index in [1.165, 1.54) is 12.4 Å². The molecule has 118 valence electrons. The van der Waals surface area contributed by atoms with E-state index in [2.05, 4.69) is 31.0 Å². The van der Waals surface area contributed by atoms with Crippen LogP contribution in [0.2, 0.25) is 0 Å². The first-order valence-corrected chi connectivity index (χ1v) is 7.59. The Bertz CT molecular complexity index is 909. The lowest BCUT2D eigenvalue weighted by atomic mass is 10.1. The van der Waals surface area contributed by atoms with Crippen LogP contribution in [0.4, 0.5) is 5.69 Å². The zero-order valence-corrected chi connectivity index (χ0v) is 13.9. The van der Waals surface area contributed by atoms with Crippen LogP contribution in [0.1, 0.15) is 12.5 Å². The molecule has 0 N–H and O–H groups in total. The molecule has 0 amide bonds. The van der Waals surface area contributed by atoms with Crippen molar-refractivity contribution < 1.29 is 9.66 Å². The van der Waals surface area contributed by atoms with Gasteiger partial charge in [-0.05, 0) is 34.0 Å². The predicted molar refractivity (Wildman–Crippen MR) is 86.6 cm³/mol. The van der Waals surface area contributed by atoms with Crippen LogP contribution in [0.3, 0.4) is 0 Å². The number of ether oxygens (including phenoxy) is 1. The number of benzene rings is 1. The SMILES string of the molecule is CCc1ccc(Oc2ncnc3c2c(Br)nn3C)c([N+](=O)[O-])c1. The van der Waals surface area contributed by atoms with E-state index in [1.54, 1.807) is 23.9 Å². The van der Waals surface area contributed by atoms with Crippen molar-refractivity contribution in [2.75, 3.05) is 0 Å². The molecule has 0 bridgehead atoms. The molecule has 9 heteroatoms. The summed E-state index contributed by atoms with van der Waals surface area (Å²) in [7, 11) is 1.74. The van der Waals surface area contributed by atoms with Gasteiger partial charge < -0.3 is 4.74 Å². The van der Waals surface area contributed by atoms with Gasteiger partial charge in [-0.2, -0.15) is 5.10 Å². The van der Waals surface area contributed by atoms with Gasteiger partial charge in [0.2, 0.25) is 11.6 Å². The van der Waals surface area contributed by atoms with Crippen LogP contribution >= 0.6 is 15.9 Å². The highest BCUT2D eigenvalue weighted by atomic mass is 79.9. The molecule has 0 aliphatic carbocycles. The largest absolute Gasteiger partial charge is 0.431 e. The van der Waals surface area contributed by atoms with Gasteiger partial charge in [0.25, 0.3) is 0 Å². The molecule has 0 atom stereocenters. The molecule has 2 heterocycles.